The molecule has 1 aliphatic carbocycles. The number of amides is 1. The van der Waals surface area contributed by atoms with E-state index in [1.165, 1.54) is 5.56 Å². The van der Waals surface area contributed by atoms with Crippen LogP contribution in [0.1, 0.15) is 60.1 Å². The summed E-state index contributed by atoms with van der Waals surface area (Å²) in [5, 5.41) is 22.6. The van der Waals surface area contributed by atoms with Crippen LogP contribution in [0.4, 0.5) is 16.8 Å². The van der Waals surface area contributed by atoms with E-state index in [9.17, 15) is 9.59 Å². The molecule has 1 amide bonds. The Balaban J connectivity index is 1.31. The van der Waals surface area contributed by atoms with E-state index in [1.807, 2.05) is 24.3 Å². The number of hydrogen-bond acceptors (Lipinski definition) is 9. The summed E-state index contributed by atoms with van der Waals surface area (Å²) in [6, 6.07) is 7.74. The highest BCUT2D eigenvalue weighted by molar-refractivity contribution is 7.09. The quantitative estimate of drug-likeness (QED) is 0.495. The molecule has 162 valence electrons. The van der Waals surface area contributed by atoms with Crippen molar-refractivity contribution in [2.75, 3.05) is 10.6 Å². The highest BCUT2D eigenvalue weighted by Crippen LogP contribution is 2.37. The maximum Gasteiger partial charge on any atom is 0.322 e. The number of aliphatic carboxylic acids is 1. The van der Waals surface area contributed by atoms with Crippen LogP contribution in [0.25, 0.3) is 0 Å². The zero-order chi connectivity index (χ0) is 21.8. The van der Waals surface area contributed by atoms with Gasteiger partial charge in [-0.15, -0.1) is 5.10 Å². The van der Waals surface area contributed by atoms with Crippen LogP contribution in [0.3, 0.4) is 0 Å². The van der Waals surface area contributed by atoms with Crippen molar-refractivity contribution < 1.29 is 19.1 Å². The van der Waals surface area contributed by atoms with Crippen molar-refractivity contribution in [2.45, 2.75) is 44.9 Å². The van der Waals surface area contributed by atoms with Crippen molar-refractivity contribution >= 4 is 40.2 Å². The SMILES string of the molecule is Cc1nsc(Nc2nnc(C(=O)Nc3ccc(C4CCC(CC(=O)O)CC4)cc3)o2)n1. The fourth-order valence-corrected chi connectivity index (χ4v) is 4.34. The summed E-state index contributed by atoms with van der Waals surface area (Å²) in [7, 11) is 0. The number of carboxylic acids is 1. The van der Waals surface area contributed by atoms with Gasteiger partial charge in [0, 0.05) is 23.6 Å². The molecule has 0 saturated heterocycles. The number of carbonyl (C=O) groups is 2. The van der Waals surface area contributed by atoms with Crippen LogP contribution in [0, 0.1) is 12.8 Å². The van der Waals surface area contributed by atoms with E-state index in [1.54, 1.807) is 6.92 Å². The summed E-state index contributed by atoms with van der Waals surface area (Å²) in [5.74, 6) is -0.0643. The minimum absolute atomic E-state index is 0.0650. The van der Waals surface area contributed by atoms with Gasteiger partial charge in [-0.05, 0) is 62.1 Å². The first-order chi connectivity index (χ1) is 15.0. The van der Waals surface area contributed by atoms with E-state index in [0.29, 0.717) is 22.6 Å². The Morgan fingerprint density at radius 2 is 1.90 bits per heavy atom. The van der Waals surface area contributed by atoms with Crippen molar-refractivity contribution in [1.82, 2.24) is 19.6 Å². The average Bonchev–Trinajstić information content (AvgIpc) is 3.38. The van der Waals surface area contributed by atoms with Gasteiger partial charge in [0.05, 0.1) is 0 Å². The van der Waals surface area contributed by atoms with Gasteiger partial charge in [0.2, 0.25) is 5.13 Å². The molecule has 11 heteroatoms. The second-order valence-electron chi connectivity index (χ2n) is 7.58. The molecule has 3 N–H and O–H groups in total. The van der Waals surface area contributed by atoms with Crippen LogP contribution in [0.5, 0.6) is 0 Å². The van der Waals surface area contributed by atoms with E-state index < -0.39 is 11.9 Å². The normalized spacial score (nSPS) is 18.5. The monoisotopic (exact) mass is 442 g/mol. The van der Waals surface area contributed by atoms with Crippen LogP contribution in [-0.2, 0) is 4.79 Å². The molecule has 0 radical (unpaired) electrons. The van der Waals surface area contributed by atoms with E-state index in [-0.39, 0.29) is 24.2 Å². The second-order valence-corrected chi connectivity index (χ2v) is 8.33. The number of nitrogens with one attached hydrogen (secondary N) is 2. The average molecular weight is 443 g/mol. The molecule has 1 fully saturated rings. The standard InChI is InChI=1S/C20H22N6O4S/c1-11-21-20(31-26-11)23-19-25-24-18(30-19)17(29)22-15-8-6-14(7-9-15)13-4-2-12(3-5-13)10-16(27)28/h6-9,12-13H,2-5,10H2,1H3,(H,22,29)(H,27,28)(H,21,23,25,26). The number of benzene rings is 1. The third-order valence-corrected chi connectivity index (χ3v) is 6.03. The first-order valence-corrected chi connectivity index (χ1v) is 10.8. The summed E-state index contributed by atoms with van der Waals surface area (Å²) in [6.45, 7) is 1.77. The molecule has 31 heavy (non-hydrogen) atoms. The molecule has 1 aromatic carbocycles. The molecular weight excluding hydrogens is 420 g/mol. The molecule has 2 heterocycles. The van der Waals surface area contributed by atoms with E-state index in [0.717, 1.165) is 37.2 Å². The Bertz CT molecular complexity index is 1060. The minimum Gasteiger partial charge on any atom is -0.481 e. The van der Waals surface area contributed by atoms with Crippen molar-refractivity contribution in [3.8, 4) is 0 Å². The maximum atomic E-state index is 12.4. The number of carboxylic acid groups (broad SMARTS) is 1. The fourth-order valence-electron chi connectivity index (χ4n) is 3.77. The van der Waals surface area contributed by atoms with Crippen LogP contribution in [0.2, 0.25) is 0 Å². The first kappa shape index (κ1) is 20.9. The fraction of sp³-hybridized carbons (Fsp3) is 0.400. The zero-order valence-electron chi connectivity index (χ0n) is 16.9. The molecule has 2 aromatic heterocycles. The molecule has 0 bridgehead atoms. The van der Waals surface area contributed by atoms with Gasteiger partial charge in [0.1, 0.15) is 5.82 Å². The topological polar surface area (TPSA) is 143 Å². The Kier molecular flexibility index (Phi) is 6.21. The lowest BCUT2D eigenvalue weighted by Gasteiger charge is -2.28. The molecule has 3 aromatic rings. The van der Waals surface area contributed by atoms with Crippen molar-refractivity contribution in [2.24, 2.45) is 5.92 Å². The number of carbonyl (C=O) groups excluding carboxylic acids is 1. The predicted octanol–water partition coefficient (Wildman–Crippen LogP) is 3.97. The van der Waals surface area contributed by atoms with Gasteiger partial charge in [0.15, 0.2) is 0 Å². The highest BCUT2D eigenvalue weighted by atomic mass is 32.1. The van der Waals surface area contributed by atoms with Crippen LogP contribution in [-0.4, -0.2) is 36.5 Å². The van der Waals surface area contributed by atoms with Crippen LogP contribution >= 0.6 is 11.5 Å². The lowest BCUT2D eigenvalue weighted by molar-refractivity contribution is -0.138. The highest BCUT2D eigenvalue weighted by Gasteiger charge is 2.24. The Morgan fingerprint density at radius 1 is 1.16 bits per heavy atom. The molecule has 0 spiro atoms. The van der Waals surface area contributed by atoms with E-state index in [2.05, 4.69) is 30.2 Å². The van der Waals surface area contributed by atoms with Crippen molar-refractivity contribution in [3.05, 3.63) is 41.5 Å². The molecule has 1 aliphatic rings. The van der Waals surface area contributed by atoms with Gasteiger partial charge in [-0.3, -0.25) is 14.9 Å². The van der Waals surface area contributed by atoms with Gasteiger partial charge >= 0.3 is 23.8 Å². The summed E-state index contributed by atoms with van der Waals surface area (Å²) in [4.78, 5) is 27.4. The van der Waals surface area contributed by atoms with Gasteiger partial charge in [-0.25, -0.2) is 4.98 Å². The Labute approximate surface area is 182 Å². The molecular formula is C20H22N6O4S. The number of nitrogens with zero attached hydrogens (tertiary/aromatic N) is 4. The number of rotatable bonds is 7. The largest absolute Gasteiger partial charge is 0.481 e. The lowest BCUT2D eigenvalue weighted by atomic mass is 9.77. The van der Waals surface area contributed by atoms with Crippen LogP contribution in [0.15, 0.2) is 28.7 Å². The number of anilines is 3. The number of aryl methyl sites for hydroxylation is 1. The summed E-state index contributed by atoms with van der Waals surface area (Å²) < 4.78 is 9.38. The van der Waals surface area contributed by atoms with E-state index in [4.69, 9.17) is 9.52 Å². The second kappa shape index (κ2) is 9.21. The summed E-state index contributed by atoms with van der Waals surface area (Å²) in [5.41, 5.74) is 1.82. The molecule has 0 aliphatic heterocycles. The van der Waals surface area contributed by atoms with Gasteiger partial charge in [-0.2, -0.15) is 4.37 Å². The zero-order valence-corrected chi connectivity index (χ0v) is 17.7. The number of aromatic nitrogens is 4. The number of hydrogen-bond donors (Lipinski definition) is 3. The summed E-state index contributed by atoms with van der Waals surface area (Å²) in [6.07, 6.45) is 4.08. The Hall–Kier alpha value is -3.34. The van der Waals surface area contributed by atoms with Crippen molar-refractivity contribution in [1.29, 1.82) is 0 Å². The van der Waals surface area contributed by atoms with Gasteiger partial charge in [0.25, 0.3) is 0 Å². The lowest BCUT2D eigenvalue weighted by Crippen LogP contribution is -2.16. The third kappa shape index (κ3) is 5.43. The minimum atomic E-state index is -0.719. The van der Waals surface area contributed by atoms with Gasteiger partial charge in [-0.1, -0.05) is 17.2 Å². The molecule has 0 atom stereocenters. The Morgan fingerprint density at radius 3 is 2.55 bits per heavy atom. The molecule has 0 unspecified atom stereocenters. The van der Waals surface area contributed by atoms with Crippen molar-refractivity contribution in [3.63, 3.8) is 0 Å². The smallest absolute Gasteiger partial charge is 0.322 e. The summed E-state index contributed by atoms with van der Waals surface area (Å²) >= 11 is 1.15. The van der Waals surface area contributed by atoms with E-state index >= 15 is 0 Å². The first-order valence-electron chi connectivity index (χ1n) is 10.00. The third-order valence-electron chi connectivity index (χ3n) is 5.31. The molecule has 4 rings (SSSR count). The predicted molar refractivity (Wildman–Crippen MR) is 114 cm³/mol. The molecule has 1 saturated carbocycles. The maximum absolute atomic E-state index is 12.4. The van der Waals surface area contributed by atoms with Crippen LogP contribution < -0.4 is 10.6 Å². The molecule has 10 nitrogen and oxygen atoms in total. The van der Waals surface area contributed by atoms with Gasteiger partial charge < -0.3 is 14.8 Å².